The molecule has 3 heteroatoms. The van der Waals surface area contributed by atoms with Crippen LogP contribution in [0.1, 0.15) is 31.0 Å². The highest BCUT2D eigenvalue weighted by Gasteiger charge is 2.21. The van der Waals surface area contributed by atoms with Gasteiger partial charge >= 0.3 is 0 Å². The molecule has 1 saturated heterocycles. The molecule has 13 heavy (non-hydrogen) atoms. The quantitative estimate of drug-likeness (QED) is 0.661. The molecule has 3 nitrogen and oxygen atoms in total. The first-order chi connectivity index (χ1) is 6.38. The van der Waals surface area contributed by atoms with Crippen molar-refractivity contribution in [1.29, 1.82) is 0 Å². The first kappa shape index (κ1) is 8.66. The SMILES string of the molecule is NN1CCCCC1c1ccccn1. The molecule has 1 fully saturated rings. The molecule has 0 spiro atoms. The number of hydrazine groups is 1. The van der Waals surface area contributed by atoms with Crippen molar-refractivity contribution in [2.45, 2.75) is 25.3 Å². The van der Waals surface area contributed by atoms with Crippen LogP contribution in [0.5, 0.6) is 0 Å². The maximum Gasteiger partial charge on any atom is 0.0662 e. The average molecular weight is 177 g/mol. The monoisotopic (exact) mass is 177 g/mol. The summed E-state index contributed by atoms with van der Waals surface area (Å²) in [7, 11) is 0. The molecule has 0 saturated carbocycles. The van der Waals surface area contributed by atoms with Crippen LogP contribution in [0.25, 0.3) is 0 Å². The number of nitrogens with two attached hydrogens (primary N) is 1. The molecule has 2 heterocycles. The summed E-state index contributed by atoms with van der Waals surface area (Å²) in [6.45, 7) is 0.987. The number of rotatable bonds is 1. The molecule has 1 unspecified atom stereocenters. The summed E-state index contributed by atoms with van der Waals surface area (Å²) in [6.07, 6.45) is 5.43. The summed E-state index contributed by atoms with van der Waals surface area (Å²) in [5, 5.41) is 1.91. The fourth-order valence-electron chi connectivity index (χ4n) is 1.84. The first-order valence-corrected chi connectivity index (χ1v) is 4.80. The molecule has 1 aromatic rings. The van der Waals surface area contributed by atoms with Crippen LogP contribution in [0.4, 0.5) is 0 Å². The van der Waals surface area contributed by atoms with Crippen molar-refractivity contribution >= 4 is 0 Å². The Hall–Kier alpha value is -0.930. The largest absolute Gasteiger partial charge is 0.268 e. The maximum absolute atomic E-state index is 5.90. The van der Waals surface area contributed by atoms with Crippen molar-refractivity contribution in [3.05, 3.63) is 30.1 Å². The fourth-order valence-corrected chi connectivity index (χ4v) is 1.84. The molecule has 1 aliphatic rings. The van der Waals surface area contributed by atoms with Gasteiger partial charge in [0.15, 0.2) is 0 Å². The number of hydrogen-bond donors (Lipinski definition) is 1. The standard InChI is InChI=1S/C10H15N3/c11-13-8-4-2-6-10(13)9-5-1-3-7-12-9/h1,3,5,7,10H,2,4,6,8,11H2. The van der Waals surface area contributed by atoms with Gasteiger partial charge in [-0.2, -0.15) is 0 Å². The van der Waals surface area contributed by atoms with Crippen LogP contribution in [0.2, 0.25) is 0 Å². The van der Waals surface area contributed by atoms with E-state index in [1.165, 1.54) is 12.8 Å². The van der Waals surface area contributed by atoms with Gasteiger partial charge in [0.05, 0.1) is 11.7 Å². The summed E-state index contributed by atoms with van der Waals surface area (Å²) < 4.78 is 0. The van der Waals surface area contributed by atoms with Crippen LogP contribution in [0.15, 0.2) is 24.4 Å². The van der Waals surface area contributed by atoms with E-state index >= 15 is 0 Å². The van der Waals surface area contributed by atoms with E-state index in [4.69, 9.17) is 5.84 Å². The van der Waals surface area contributed by atoms with E-state index in [9.17, 15) is 0 Å². The second-order valence-electron chi connectivity index (χ2n) is 3.50. The molecule has 0 amide bonds. The van der Waals surface area contributed by atoms with Crippen molar-refractivity contribution in [3.63, 3.8) is 0 Å². The van der Waals surface area contributed by atoms with Gasteiger partial charge in [0.25, 0.3) is 0 Å². The number of nitrogens with zero attached hydrogens (tertiary/aromatic N) is 2. The lowest BCUT2D eigenvalue weighted by Crippen LogP contribution is -2.39. The molecule has 0 bridgehead atoms. The van der Waals surface area contributed by atoms with Gasteiger partial charge in [-0.15, -0.1) is 0 Å². The Labute approximate surface area is 78.5 Å². The predicted molar refractivity (Wildman–Crippen MR) is 51.7 cm³/mol. The van der Waals surface area contributed by atoms with Gasteiger partial charge in [-0.3, -0.25) is 10.8 Å². The Balaban J connectivity index is 2.15. The Morgan fingerprint density at radius 1 is 1.38 bits per heavy atom. The molecule has 2 rings (SSSR count). The van der Waals surface area contributed by atoms with E-state index in [1.807, 2.05) is 23.3 Å². The van der Waals surface area contributed by atoms with Crippen LogP contribution >= 0.6 is 0 Å². The Morgan fingerprint density at radius 3 is 3.00 bits per heavy atom. The Bertz CT molecular complexity index is 260. The predicted octanol–water partition coefficient (Wildman–Crippen LogP) is 1.48. The van der Waals surface area contributed by atoms with Gasteiger partial charge in [-0.05, 0) is 25.0 Å². The zero-order valence-electron chi connectivity index (χ0n) is 7.69. The number of hydrogen-bond acceptors (Lipinski definition) is 3. The molecular formula is C10H15N3. The molecular weight excluding hydrogens is 162 g/mol. The second kappa shape index (κ2) is 3.85. The van der Waals surface area contributed by atoms with Crippen molar-refractivity contribution in [2.24, 2.45) is 5.84 Å². The van der Waals surface area contributed by atoms with Gasteiger partial charge in [-0.1, -0.05) is 12.5 Å². The van der Waals surface area contributed by atoms with Crippen LogP contribution in [-0.4, -0.2) is 16.5 Å². The van der Waals surface area contributed by atoms with E-state index in [-0.39, 0.29) is 0 Å². The molecule has 0 aliphatic carbocycles. The topological polar surface area (TPSA) is 42.1 Å². The van der Waals surface area contributed by atoms with Gasteiger partial charge in [-0.25, -0.2) is 5.01 Å². The van der Waals surface area contributed by atoms with E-state index in [0.29, 0.717) is 6.04 Å². The van der Waals surface area contributed by atoms with Crippen LogP contribution in [0, 0.1) is 0 Å². The van der Waals surface area contributed by atoms with Crippen LogP contribution < -0.4 is 5.84 Å². The average Bonchev–Trinajstić information content (AvgIpc) is 2.20. The normalized spacial score (nSPS) is 24.5. The van der Waals surface area contributed by atoms with E-state index in [2.05, 4.69) is 11.1 Å². The molecule has 1 aromatic heterocycles. The number of piperidine rings is 1. The third-order valence-electron chi connectivity index (χ3n) is 2.57. The third-order valence-corrected chi connectivity index (χ3v) is 2.57. The van der Waals surface area contributed by atoms with Crippen LogP contribution in [0.3, 0.4) is 0 Å². The maximum atomic E-state index is 5.90. The summed E-state index contributed by atoms with van der Waals surface area (Å²) in [4.78, 5) is 4.33. The molecule has 70 valence electrons. The molecule has 1 atom stereocenters. The lowest BCUT2D eigenvalue weighted by molar-refractivity contribution is 0.148. The van der Waals surface area contributed by atoms with Crippen molar-refractivity contribution < 1.29 is 0 Å². The van der Waals surface area contributed by atoms with E-state index < -0.39 is 0 Å². The Morgan fingerprint density at radius 2 is 2.31 bits per heavy atom. The van der Waals surface area contributed by atoms with E-state index in [0.717, 1.165) is 18.7 Å². The highest BCUT2D eigenvalue weighted by molar-refractivity contribution is 5.09. The van der Waals surface area contributed by atoms with Crippen LogP contribution in [-0.2, 0) is 0 Å². The lowest BCUT2D eigenvalue weighted by atomic mass is 10.0. The van der Waals surface area contributed by atoms with Crippen molar-refractivity contribution in [2.75, 3.05) is 6.54 Å². The summed E-state index contributed by atoms with van der Waals surface area (Å²) in [5.41, 5.74) is 1.10. The highest BCUT2D eigenvalue weighted by Crippen LogP contribution is 2.26. The minimum atomic E-state index is 0.329. The third kappa shape index (κ3) is 1.87. The fraction of sp³-hybridized carbons (Fsp3) is 0.500. The summed E-state index contributed by atoms with van der Waals surface area (Å²) >= 11 is 0. The smallest absolute Gasteiger partial charge is 0.0662 e. The lowest BCUT2D eigenvalue weighted by Gasteiger charge is -2.31. The van der Waals surface area contributed by atoms with E-state index in [1.54, 1.807) is 0 Å². The first-order valence-electron chi connectivity index (χ1n) is 4.80. The van der Waals surface area contributed by atoms with Gasteiger partial charge in [0.2, 0.25) is 0 Å². The van der Waals surface area contributed by atoms with Crippen molar-refractivity contribution in [3.8, 4) is 0 Å². The molecule has 2 N–H and O–H groups in total. The Kier molecular flexibility index (Phi) is 2.57. The zero-order valence-corrected chi connectivity index (χ0v) is 7.69. The number of pyridine rings is 1. The second-order valence-corrected chi connectivity index (χ2v) is 3.50. The summed E-state index contributed by atoms with van der Waals surface area (Å²) in [6, 6.07) is 6.34. The molecule has 0 radical (unpaired) electrons. The molecule has 1 aliphatic heterocycles. The van der Waals surface area contributed by atoms with Gasteiger partial charge in [0, 0.05) is 12.7 Å². The minimum absolute atomic E-state index is 0.329. The zero-order chi connectivity index (χ0) is 9.10. The molecule has 0 aromatic carbocycles. The minimum Gasteiger partial charge on any atom is -0.268 e. The highest BCUT2D eigenvalue weighted by atomic mass is 15.4. The summed E-state index contributed by atoms with van der Waals surface area (Å²) in [5.74, 6) is 5.90. The van der Waals surface area contributed by atoms with Crippen molar-refractivity contribution in [1.82, 2.24) is 9.99 Å². The number of aromatic nitrogens is 1. The van der Waals surface area contributed by atoms with Gasteiger partial charge < -0.3 is 0 Å². The van der Waals surface area contributed by atoms with Gasteiger partial charge in [0.1, 0.15) is 0 Å².